The third-order valence-corrected chi connectivity index (χ3v) is 5.76. The molecular weight excluding hydrogens is 469 g/mol. The molecule has 7 nitrogen and oxygen atoms in total. The molecule has 0 atom stereocenters. The van der Waals surface area contributed by atoms with Gasteiger partial charge in [-0.25, -0.2) is 9.69 Å². The van der Waals surface area contributed by atoms with Gasteiger partial charge in [-0.3, -0.25) is 14.4 Å². The molecule has 0 fully saturated rings. The fourth-order valence-corrected chi connectivity index (χ4v) is 3.67. The molecule has 0 aromatic heterocycles. The molecule has 0 radical (unpaired) electrons. The Morgan fingerprint density at radius 2 is 1.55 bits per heavy atom. The van der Waals surface area contributed by atoms with Crippen molar-refractivity contribution < 1.29 is 28.7 Å². The molecule has 1 aliphatic heterocycles. The number of benzene rings is 3. The molecule has 1 heterocycles. The smallest absolute Gasteiger partial charge is 0.338 e. The van der Waals surface area contributed by atoms with Gasteiger partial charge < -0.3 is 9.47 Å². The van der Waals surface area contributed by atoms with E-state index in [2.05, 4.69) is 0 Å². The molecule has 0 unspecified atom stereocenters. The summed E-state index contributed by atoms with van der Waals surface area (Å²) < 4.78 is 10.3. The van der Waals surface area contributed by atoms with Crippen molar-refractivity contribution in [1.29, 1.82) is 0 Å². The van der Waals surface area contributed by atoms with Crippen molar-refractivity contribution in [2.75, 3.05) is 18.6 Å². The van der Waals surface area contributed by atoms with Gasteiger partial charge in [-0.15, -0.1) is 0 Å². The van der Waals surface area contributed by atoms with Gasteiger partial charge in [0.2, 0.25) is 0 Å². The monoisotopic (exact) mass is 483 g/mol. The SMILES string of the molecule is COc1ccccc1N1C(=O)c2ccc(C(=O)OCC(=O)c3ccc(Cl)c(Cl)c3)cc2C1=O. The summed E-state index contributed by atoms with van der Waals surface area (Å²) in [7, 11) is 1.43. The molecule has 0 aliphatic carbocycles. The van der Waals surface area contributed by atoms with Crippen molar-refractivity contribution in [3.63, 3.8) is 0 Å². The number of rotatable bonds is 6. The second-order valence-corrected chi connectivity index (χ2v) is 7.82. The molecular formula is C24H15Cl2NO6. The Bertz CT molecular complexity index is 1320. The van der Waals surface area contributed by atoms with E-state index < -0.39 is 30.2 Å². The standard InChI is InChI=1S/C24H15Cl2NO6/c1-32-21-5-3-2-4-19(21)27-22(29)15-8-6-14(10-16(15)23(27)30)24(31)33-12-20(28)13-7-9-17(25)18(26)11-13/h2-11H,12H2,1H3. The van der Waals surface area contributed by atoms with Gasteiger partial charge in [-0.1, -0.05) is 35.3 Å². The maximum atomic E-state index is 13.0. The van der Waals surface area contributed by atoms with Gasteiger partial charge in [0.25, 0.3) is 11.8 Å². The van der Waals surface area contributed by atoms with E-state index in [0.29, 0.717) is 16.5 Å². The van der Waals surface area contributed by atoms with E-state index in [1.165, 1.54) is 43.5 Å². The number of esters is 1. The zero-order valence-electron chi connectivity index (χ0n) is 17.1. The fraction of sp³-hybridized carbons (Fsp3) is 0.0833. The van der Waals surface area contributed by atoms with E-state index in [1.807, 2.05) is 0 Å². The van der Waals surface area contributed by atoms with E-state index in [4.69, 9.17) is 32.7 Å². The molecule has 3 aromatic rings. The van der Waals surface area contributed by atoms with E-state index in [-0.39, 0.29) is 27.3 Å². The van der Waals surface area contributed by atoms with E-state index in [9.17, 15) is 19.2 Å². The summed E-state index contributed by atoms with van der Waals surface area (Å²) in [6.45, 7) is -0.534. The third-order valence-electron chi connectivity index (χ3n) is 5.02. The Labute approximate surface area is 198 Å². The Morgan fingerprint density at radius 3 is 2.27 bits per heavy atom. The number of halogens is 2. The average molecular weight is 484 g/mol. The summed E-state index contributed by atoms with van der Waals surface area (Å²) in [5, 5.41) is 0.500. The quantitative estimate of drug-likeness (QED) is 0.283. The van der Waals surface area contributed by atoms with Crippen LogP contribution in [0.15, 0.2) is 60.7 Å². The van der Waals surface area contributed by atoms with E-state index in [0.717, 1.165) is 4.90 Å². The molecule has 33 heavy (non-hydrogen) atoms. The van der Waals surface area contributed by atoms with Crippen LogP contribution in [0.2, 0.25) is 10.0 Å². The number of hydrogen-bond acceptors (Lipinski definition) is 6. The van der Waals surface area contributed by atoms with Crippen molar-refractivity contribution >= 4 is 52.5 Å². The van der Waals surface area contributed by atoms with Gasteiger partial charge in [0, 0.05) is 5.56 Å². The van der Waals surface area contributed by atoms with Crippen LogP contribution in [0.25, 0.3) is 0 Å². The minimum atomic E-state index is -0.817. The van der Waals surface area contributed by atoms with Crippen LogP contribution in [-0.2, 0) is 4.74 Å². The van der Waals surface area contributed by atoms with Crippen LogP contribution in [-0.4, -0.2) is 37.3 Å². The Balaban J connectivity index is 1.52. The number of carbonyl (C=O) groups excluding carboxylic acids is 4. The maximum absolute atomic E-state index is 13.0. The third kappa shape index (κ3) is 4.20. The molecule has 9 heteroatoms. The van der Waals surface area contributed by atoms with Crippen molar-refractivity contribution in [2.24, 2.45) is 0 Å². The number of hydrogen-bond donors (Lipinski definition) is 0. The lowest BCUT2D eigenvalue weighted by atomic mass is 10.1. The number of nitrogens with zero attached hydrogens (tertiary/aromatic N) is 1. The van der Waals surface area contributed by atoms with Crippen molar-refractivity contribution in [1.82, 2.24) is 0 Å². The Kier molecular flexibility index (Phi) is 6.18. The number of carbonyl (C=O) groups is 4. The summed E-state index contributed by atoms with van der Waals surface area (Å²) in [5.41, 5.74) is 0.756. The summed E-state index contributed by atoms with van der Waals surface area (Å²) in [6, 6.07) is 14.9. The molecule has 0 saturated carbocycles. The number of anilines is 1. The highest BCUT2D eigenvalue weighted by Crippen LogP contribution is 2.35. The van der Waals surface area contributed by atoms with Crippen molar-refractivity contribution in [3.8, 4) is 5.75 Å². The zero-order valence-corrected chi connectivity index (χ0v) is 18.6. The van der Waals surface area contributed by atoms with Crippen LogP contribution in [0, 0.1) is 0 Å². The first-order valence-corrected chi connectivity index (χ1v) is 10.4. The lowest BCUT2D eigenvalue weighted by Gasteiger charge is -2.16. The minimum absolute atomic E-state index is 0.0266. The zero-order chi connectivity index (χ0) is 23.7. The summed E-state index contributed by atoms with van der Waals surface area (Å²) >= 11 is 11.7. The molecule has 4 rings (SSSR count). The van der Waals surface area contributed by atoms with Gasteiger partial charge in [-0.05, 0) is 48.5 Å². The second kappa shape index (κ2) is 9.05. The first-order chi connectivity index (χ1) is 15.8. The molecule has 0 saturated heterocycles. The highest BCUT2D eigenvalue weighted by Gasteiger charge is 2.38. The van der Waals surface area contributed by atoms with Crippen molar-refractivity contribution in [2.45, 2.75) is 0 Å². The van der Waals surface area contributed by atoms with Crippen LogP contribution >= 0.6 is 23.2 Å². The molecule has 3 aromatic carbocycles. The highest BCUT2D eigenvalue weighted by atomic mass is 35.5. The predicted octanol–water partition coefficient (Wildman–Crippen LogP) is 4.84. The van der Waals surface area contributed by atoms with Gasteiger partial charge >= 0.3 is 5.97 Å². The second-order valence-electron chi connectivity index (χ2n) is 7.01. The maximum Gasteiger partial charge on any atom is 0.338 e. The molecule has 0 bridgehead atoms. The van der Waals surface area contributed by atoms with Crippen LogP contribution in [0.1, 0.15) is 41.4 Å². The van der Waals surface area contributed by atoms with Crippen LogP contribution in [0.4, 0.5) is 5.69 Å². The van der Waals surface area contributed by atoms with Crippen LogP contribution in [0.3, 0.4) is 0 Å². The van der Waals surface area contributed by atoms with Gasteiger partial charge in [0.15, 0.2) is 12.4 Å². The van der Waals surface area contributed by atoms with Gasteiger partial charge in [0.05, 0.1) is 39.5 Å². The first-order valence-electron chi connectivity index (χ1n) is 9.63. The molecule has 166 valence electrons. The molecule has 1 aliphatic rings. The largest absolute Gasteiger partial charge is 0.495 e. The number of ether oxygens (including phenoxy) is 2. The Morgan fingerprint density at radius 1 is 0.848 bits per heavy atom. The van der Waals surface area contributed by atoms with E-state index >= 15 is 0 Å². The van der Waals surface area contributed by atoms with Crippen LogP contribution in [0.5, 0.6) is 5.75 Å². The van der Waals surface area contributed by atoms with Crippen molar-refractivity contribution in [3.05, 3.63) is 93.0 Å². The number of imide groups is 1. The molecule has 0 spiro atoms. The lowest BCUT2D eigenvalue weighted by Crippen LogP contribution is -2.29. The average Bonchev–Trinajstić information content (AvgIpc) is 3.08. The minimum Gasteiger partial charge on any atom is -0.495 e. The number of fused-ring (bicyclic) bond motifs is 1. The van der Waals surface area contributed by atoms with E-state index in [1.54, 1.807) is 24.3 Å². The number of ketones is 1. The van der Waals surface area contributed by atoms with Gasteiger partial charge in [0.1, 0.15) is 5.75 Å². The number of amides is 2. The summed E-state index contributed by atoms with van der Waals surface area (Å²) in [4.78, 5) is 51.6. The summed E-state index contributed by atoms with van der Waals surface area (Å²) in [5.74, 6) is -2.07. The van der Waals surface area contributed by atoms with Gasteiger partial charge in [-0.2, -0.15) is 0 Å². The number of para-hydroxylation sites is 2. The fourth-order valence-electron chi connectivity index (χ4n) is 3.37. The molecule has 2 amide bonds. The first kappa shape index (κ1) is 22.5. The summed E-state index contributed by atoms with van der Waals surface area (Å²) in [6.07, 6.45) is 0. The number of Topliss-reactive ketones (excluding diaryl/α,β-unsaturated/α-hetero) is 1. The predicted molar refractivity (Wildman–Crippen MR) is 122 cm³/mol. The number of methoxy groups -OCH3 is 1. The Hall–Kier alpha value is -3.68. The van der Waals surface area contributed by atoms with Crippen LogP contribution < -0.4 is 9.64 Å². The highest BCUT2D eigenvalue weighted by molar-refractivity contribution is 6.42. The topological polar surface area (TPSA) is 90.0 Å². The molecule has 0 N–H and O–H groups in total. The normalized spacial score (nSPS) is 12.5. The lowest BCUT2D eigenvalue weighted by molar-refractivity contribution is 0.0474.